The van der Waals surface area contributed by atoms with Crippen LogP contribution in [0.3, 0.4) is 0 Å². The van der Waals surface area contributed by atoms with Crippen LogP contribution in [0.1, 0.15) is 75.0 Å². The lowest BCUT2D eigenvalue weighted by Crippen LogP contribution is -2.40. The van der Waals surface area contributed by atoms with Gasteiger partial charge in [-0.15, -0.1) is 0 Å². The van der Waals surface area contributed by atoms with Crippen LogP contribution in [0.2, 0.25) is 0 Å². The Bertz CT molecular complexity index is 563. The molecule has 1 saturated carbocycles. The number of aromatic nitrogens is 2. The molecule has 22 heavy (non-hydrogen) atoms. The average molecular weight is 307 g/mol. The highest BCUT2D eigenvalue weighted by Crippen LogP contribution is 2.42. The van der Waals surface area contributed by atoms with E-state index in [4.69, 9.17) is 5.11 Å². The van der Waals surface area contributed by atoms with Gasteiger partial charge in [0.15, 0.2) is 0 Å². The zero-order valence-corrected chi connectivity index (χ0v) is 13.7. The van der Waals surface area contributed by atoms with E-state index in [0.717, 1.165) is 25.0 Å². The standard InChI is InChI=1S/C16H25N3O3/c1-5-9(2)19-14(12-6-7-12)13(8-17-19)15(20)18-11(4)10(3)16(21)22/h8-12H,5-7H2,1-4H3,(H,18,20)(H,21,22). The lowest BCUT2D eigenvalue weighted by Gasteiger charge is -2.18. The molecule has 0 aromatic carbocycles. The molecule has 1 aliphatic carbocycles. The van der Waals surface area contributed by atoms with Crippen molar-refractivity contribution in [2.45, 2.75) is 65.0 Å². The van der Waals surface area contributed by atoms with Crippen molar-refractivity contribution in [3.63, 3.8) is 0 Å². The average Bonchev–Trinajstić information content (AvgIpc) is 3.23. The number of hydrogen-bond donors (Lipinski definition) is 2. The van der Waals surface area contributed by atoms with Gasteiger partial charge in [-0.2, -0.15) is 5.10 Å². The number of carbonyl (C=O) groups excluding carboxylic acids is 1. The fourth-order valence-corrected chi connectivity index (χ4v) is 2.46. The molecule has 0 aliphatic heterocycles. The minimum Gasteiger partial charge on any atom is -0.481 e. The van der Waals surface area contributed by atoms with Gasteiger partial charge in [0.1, 0.15) is 0 Å². The summed E-state index contributed by atoms with van der Waals surface area (Å²) in [6.07, 6.45) is 4.75. The van der Waals surface area contributed by atoms with Crippen molar-refractivity contribution in [1.29, 1.82) is 0 Å². The first-order chi connectivity index (χ1) is 10.4. The third-order valence-electron chi connectivity index (χ3n) is 4.55. The number of rotatable bonds is 7. The van der Waals surface area contributed by atoms with E-state index in [9.17, 15) is 9.59 Å². The molecular weight excluding hydrogens is 282 g/mol. The van der Waals surface area contributed by atoms with Crippen molar-refractivity contribution in [1.82, 2.24) is 15.1 Å². The molecular formula is C16H25N3O3. The zero-order chi connectivity index (χ0) is 16.4. The summed E-state index contributed by atoms with van der Waals surface area (Å²) in [5.41, 5.74) is 1.59. The van der Waals surface area contributed by atoms with Crippen LogP contribution in [0.5, 0.6) is 0 Å². The molecule has 1 amide bonds. The molecule has 0 spiro atoms. The molecule has 6 nitrogen and oxygen atoms in total. The van der Waals surface area contributed by atoms with Crippen LogP contribution in [-0.2, 0) is 4.79 Å². The van der Waals surface area contributed by atoms with Crippen molar-refractivity contribution < 1.29 is 14.7 Å². The van der Waals surface area contributed by atoms with Gasteiger partial charge in [0.25, 0.3) is 5.91 Å². The number of nitrogens with zero attached hydrogens (tertiary/aromatic N) is 2. The molecule has 6 heteroatoms. The minimum atomic E-state index is -0.912. The number of carboxylic acids is 1. The Hall–Kier alpha value is -1.85. The summed E-state index contributed by atoms with van der Waals surface area (Å²) < 4.78 is 1.96. The Balaban J connectivity index is 2.19. The van der Waals surface area contributed by atoms with Gasteiger partial charge in [-0.05, 0) is 40.0 Å². The van der Waals surface area contributed by atoms with E-state index < -0.39 is 17.9 Å². The summed E-state index contributed by atoms with van der Waals surface area (Å²) in [5.74, 6) is -1.36. The summed E-state index contributed by atoms with van der Waals surface area (Å²) >= 11 is 0. The highest BCUT2D eigenvalue weighted by Gasteiger charge is 2.34. The van der Waals surface area contributed by atoms with Gasteiger partial charge in [0.2, 0.25) is 0 Å². The number of nitrogens with one attached hydrogen (secondary N) is 1. The first kappa shape index (κ1) is 16.5. The van der Waals surface area contributed by atoms with Gasteiger partial charge < -0.3 is 10.4 Å². The Morgan fingerprint density at radius 1 is 1.41 bits per heavy atom. The molecule has 1 fully saturated rings. The predicted octanol–water partition coefficient (Wildman–Crippen LogP) is 2.57. The van der Waals surface area contributed by atoms with Gasteiger partial charge in [-0.1, -0.05) is 6.92 Å². The van der Waals surface area contributed by atoms with Gasteiger partial charge in [-0.3, -0.25) is 14.3 Å². The number of amides is 1. The maximum Gasteiger partial charge on any atom is 0.308 e. The second kappa shape index (κ2) is 6.50. The fourth-order valence-electron chi connectivity index (χ4n) is 2.46. The third-order valence-corrected chi connectivity index (χ3v) is 4.55. The Morgan fingerprint density at radius 2 is 2.05 bits per heavy atom. The molecule has 2 N–H and O–H groups in total. The van der Waals surface area contributed by atoms with Crippen LogP contribution in [0, 0.1) is 5.92 Å². The SMILES string of the molecule is CCC(C)n1ncc(C(=O)NC(C)C(C)C(=O)O)c1C1CC1. The molecule has 2 rings (SSSR count). The van der Waals surface area contributed by atoms with Crippen LogP contribution in [0.4, 0.5) is 0 Å². The van der Waals surface area contributed by atoms with Crippen LogP contribution in [0.15, 0.2) is 6.20 Å². The zero-order valence-electron chi connectivity index (χ0n) is 13.7. The number of hydrogen-bond acceptors (Lipinski definition) is 3. The van der Waals surface area contributed by atoms with Crippen LogP contribution >= 0.6 is 0 Å². The molecule has 122 valence electrons. The molecule has 0 radical (unpaired) electrons. The number of aliphatic carboxylic acids is 1. The topological polar surface area (TPSA) is 84.2 Å². The summed E-state index contributed by atoms with van der Waals surface area (Å²) in [5, 5.41) is 16.2. The highest BCUT2D eigenvalue weighted by atomic mass is 16.4. The van der Waals surface area contributed by atoms with Crippen LogP contribution < -0.4 is 5.32 Å². The third kappa shape index (κ3) is 3.31. The minimum absolute atomic E-state index is 0.225. The molecule has 1 heterocycles. The van der Waals surface area contributed by atoms with Gasteiger partial charge in [-0.25, -0.2) is 0 Å². The second-order valence-corrected chi connectivity index (χ2v) is 6.31. The van der Waals surface area contributed by atoms with Gasteiger partial charge in [0.05, 0.1) is 23.4 Å². The van der Waals surface area contributed by atoms with Crippen LogP contribution in [-0.4, -0.2) is 32.8 Å². The summed E-state index contributed by atoms with van der Waals surface area (Å²) in [6, 6.07) is -0.170. The van der Waals surface area contributed by atoms with Gasteiger partial charge in [0, 0.05) is 18.0 Å². The Morgan fingerprint density at radius 3 is 2.55 bits per heavy atom. The normalized spacial score (nSPS) is 18.5. The van der Waals surface area contributed by atoms with Crippen molar-refractivity contribution in [3.05, 3.63) is 17.5 Å². The predicted molar refractivity (Wildman–Crippen MR) is 82.9 cm³/mol. The lowest BCUT2D eigenvalue weighted by molar-refractivity contribution is -0.141. The van der Waals surface area contributed by atoms with Crippen molar-refractivity contribution >= 4 is 11.9 Å². The van der Waals surface area contributed by atoms with Gasteiger partial charge >= 0.3 is 5.97 Å². The van der Waals surface area contributed by atoms with E-state index in [1.54, 1.807) is 20.0 Å². The Kier molecular flexibility index (Phi) is 4.88. The molecule has 1 aromatic heterocycles. The summed E-state index contributed by atoms with van der Waals surface area (Å²) in [6.45, 7) is 7.50. The lowest BCUT2D eigenvalue weighted by atomic mass is 10.0. The Labute approximate surface area is 130 Å². The van der Waals surface area contributed by atoms with E-state index >= 15 is 0 Å². The molecule has 1 aromatic rings. The second-order valence-electron chi connectivity index (χ2n) is 6.31. The largest absolute Gasteiger partial charge is 0.481 e. The van der Waals surface area contributed by atoms with E-state index in [2.05, 4.69) is 24.3 Å². The highest BCUT2D eigenvalue weighted by molar-refractivity contribution is 5.95. The molecule has 0 saturated heterocycles. The maximum atomic E-state index is 12.5. The summed E-state index contributed by atoms with van der Waals surface area (Å²) in [7, 11) is 0. The van der Waals surface area contributed by atoms with E-state index in [-0.39, 0.29) is 11.9 Å². The van der Waals surface area contributed by atoms with Crippen molar-refractivity contribution in [2.75, 3.05) is 0 Å². The molecule has 3 unspecified atom stereocenters. The number of carbonyl (C=O) groups is 2. The maximum absolute atomic E-state index is 12.5. The summed E-state index contributed by atoms with van der Waals surface area (Å²) in [4.78, 5) is 23.5. The molecule has 3 atom stereocenters. The fraction of sp³-hybridized carbons (Fsp3) is 0.688. The van der Waals surface area contributed by atoms with E-state index in [0.29, 0.717) is 11.5 Å². The smallest absolute Gasteiger partial charge is 0.308 e. The van der Waals surface area contributed by atoms with Crippen molar-refractivity contribution in [2.24, 2.45) is 5.92 Å². The van der Waals surface area contributed by atoms with E-state index in [1.165, 1.54) is 0 Å². The molecule has 1 aliphatic rings. The van der Waals surface area contributed by atoms with Crippen LogP contribution in [0.25, 0.3) is 0 Å². The quantitative estimate of drug-likeness (QED) is 0.811. The number of carboxylic acid groups (broad SMARTS) is 1. The van der Waals surface area contributed by atoms with E-state index in [1.807, 2.05) is 4.68 Å². The molecule has 0 bridgehead atoms. The first-order valence-electron chi connectivity index (χ1n) is 7.97. The monoisotopic (exact) mass is 307 g/mol. The van der Waals surface area contributed by atoms with Crippen molar-refractivity contribution in [3.8, 4) is 0 Å². The first-order valence-corrected chi connectivity index (χ1v) is 7.97.